The number of pyridine rings is 2. The lowest BCUT2D eigenvalue weighted by Crippen LogP contribution is -2.15. The number of anilines is 2. The molecule has 4 rings (SSSR count). The number of carbonyl (C=O) groups is 1. The van der Waals surface area contributed by atoms with Crippen molar-refractivity contribution in [3.8, 4) is 11.4 Å². The molecule has 0 aliphatic carbocycles. The Balaban J connectivity index is 0.00000240. The highest BCUT2D eigenvalue weighted by Gasteiger charge is 2.12. The molecule has 3 N–H and O–H groups in total. The summed E-state index contributed by atoms with van der Waals surface area (Å²) in [7, 11) is 0. The van der Waals surface area contributed by atoms with E-state index in [1.165, 1.54) is 0 Å². The number of aromatic nitrogens is 4. The van der Waals surface area contributed by atoms with Crippen molar-refractivity contribution in [1.29, 1.82) is 0 Å². The number of hydrogen-bond acceptors (Lipinski definition) is 5. The molecule has 0 radical (unpaired) electrons. The summed E-state index contributed by atoms with van der Waals surface area (Å²) >= 11 is 0. The molecule has 0 fully saturated rings. The van der Waals surface area contributed by atoms with Gasteiger partial charge in [-0.3, -0.25) is 9.78 Å². The number of imidazole rings is 1. The second-order valence-corrected chi connectivity index (χ2v) is 6.08. The Bertz CT molecular complexity index is 1050. The van der Waals surface area contributed by atoms with Crippen LogP contribution in [0.1, 0.15) is 15.9 Å². The average Bonchev–Trinajstić information content (AvgIpc) is 3.29. The van der Waals surface area contributed by atoms with Crippen molar-refractivity contribution in [2.45, 2.75) is 6.54 Å². The number of rotatable bonds is 6. The molecular weight excluding hydrogens is 388 g/mol. The maximum absolute atomic E-state index is 12.7. The minimum absolute atomic E-state index is 0. The fraction of sp³-hybridized carbons (Fsp3) is 0.0476. The van der Waals surface area contributed by atoms with Gasteiger partial charge in [0.1, 0.15) is 11.6 Å². The van der Waals surface area contributed by atoms with Crippen LogP contribution in [-0.4, -0.2) is 25.8 Å². The normalized spacial score (nSPS) is 10.1. The fourth-order valence-corrected chi connectivity index (χ4v) is 2.75. The Labute approximate surface area is 174 Å². The average molecular weight is 407 g/mol. The van der Waals surface area contributed by atoms with Gasteiger partial charge in [0.25, 0.3) is 5.91 Å². The molecule has 4 aromatic rings. The van der Waals surface area contributed by atoms with Crippen LogP contribution in [0, 0.1) is 0 Å². The summed E-state index contributed by atoms with van der Waals surface area (Å²) < 4.78 is 0. The minimum Gasteiger partial charge on any atom is -0.365 e. The Morgan fingerprint density at radius 1 is 0.931 bits per heavy atom. The zero-order valence-electron chi connectivity index (χ0n) is 15.4. The van der Waals surface area contributed by atoms with Crippen LogP contribution >= 0.6 is 12.4 Å². The van der Waals surface area contributed by atoms with Crippen molar-refractivity contribution >= 4 is 29.8 Å². The van der Waals surface area contributed by atoms with Crippen molar-refractivity contribution in [3.05, 3.63) is 90.6 Å². The van der Waals surface area contributed by atoms with Crippen LogP contribution in [0.25, 0.3) is 11.4 Å². The van der Waals surface area contributed by atoms with Gasteiger partial charge < -0.3 is 15.6 Å². The van der Waals surface area contributed by atoms with Crippen LogP contribution in [-0.2, 0) is 6.54 Å². The number of halogens is 1. The molecule has 0 bridgehead atoms. The van der Waals surface area contributed by atoms with Gasteiger partial charge in [0.15, 0.2) is 0 Å². The van der Waals surface area contributed by atoms with E-state index < -0.39 is 0 Å². The predicted molar refractivity (Wildman–Crippen MR) is 115 cm³/mol. The third kappa shape index (κ3) is 4.97. The van der Waals surface area contributed by atoms with Gasteiger partial charge in [0.05, 0.1) is 5.56 Å². The van der Waals surface area contributed by atoms with Gasteiger partial charge in [0.2, 0.25) is 0 Å². The smallest absolute Gasteiger partial charge is 0.259 e. The van der Waals surface area contributed by atoms with Crippen LogP contribution in [0.3, 0.4) is 0 Å². The van der Waals surface area contributed by atoms with Gasteiger partial charge in [-0.25, -0.2) is 9.97 Å². The monoisotopic (exact) mass is 406 g/mol. The molecule has 0 spiro atoms. The SMILES string of the molecule is Cl.O=C(Nc1ccc(-c2ncc[nH]2)cc1)c1cccnc1NCc1ccncc1. The van der Waals surface area contributed by atoms with Crippen molar-refractivity contribution in [2.75, 3.05) is 10.6 Å². The third-order valence-electron chi connectivity index (χ3n) is 4.18. The molecule has 3 aromatic heterocycles. The van der Waals surface area contributed by atoms with Crippen LogP contribution < -0.4 is 10.6 Å². The Hall–Kier alpha value is -3.71. The van der Waals surface area contributed by atoms with Gasteiger partial charge in [-0.05, 0) is 54.1 Å². The summed E-state index contributed by atoms with van der Waals surface area (Å²) in [6.45, 7) is 0.553. The van der Waals surface area contributed by atoms with Gasteiger partial charge >= 0.3 is 0 Å². The fourth-order valence-electron chi connectivity index (χ4n) is 2.75. The number of nitrogens with one attached hydrogen (secondary N) is 3. The standard InChI is InChI=1S/C21H18N6O.ClH/c28-21(27-17-5-3-16(4-6-17)19-24-12-13-25-19)18-2-1-9-23-20(18)26-14-15-7-10-22-11-8-15;/h1-13H,14H2,(H,23,26)(H,24,25)(H,27,28);1H. The van der Waals surface area contributed by atoms with E-state index in [1.807, 2.05) is 36.4 Å². The number of hydrogen-bond donors (Lipinski definition) is 3. The zero-order chi connectivity index (χ0) is 19.2. The summed E-state index contributed by atoms with van der Waals surface area (Å²) in [4.78, 5) is 28.3. The maximum Gasteiger partial charge on any atom is 0.259 e. The molecule has 0 aliphatic rings. The van der Waals surface area contributed by atoms with Crippen molar-refractivity contribution in [1.82, 2.24) is 19.9 Å². The highest BCUT2D eigenvalue weighted by molar-refractivity contribution is 6.07. The molecule has 29 heavy (non-hydrogen) atoms. The van der Waals surface area contributed by atoms with Gasteiger partial charge in [-0.15, -0.1) is 12.4 Å². The quantitative estimate of drug-likeness (QED) is 0.447. The van der Waals surface area contributed by atoms with Crippen molar-refractivity contribution in [3.63, 3.8) is 0 Å². The summed E-state index contributed by atoms with van der Waals surface area (Å²) in [6, 6.07) is 14.8. The molecular formula is C21H19ClN6O. The lowest BCUT2D eigenvalue weighted by atomic mass is 10.2. The largest absolute Gasteiger partial charge is 0.365 e. The van der Waals surface area contributed by atoms with Crippen LogP contribution in [0.2, 0.25) is 0 Å². The summed E-state index contributed by atoms with van der Waals surface area (Å²) in [5.41, 5.74) is 3.18. The molecule has 0 unspecified atom stereocenters. The topological polar surface area (TPSA) is 95.6 Å². The lowest BCUT2D eigenvalue weighted by molar-refractivity contribution is 0.102. The second kappa shape index (κ2) is 9.48. The first-order chi connectivity index (χ1) is 13.8. The van der Waals surface area contributed by atoms with Crippen LogP contribution in [0.4, 0.5) is 11.5 Å². The number of benzene rings is 1. The summed E-state index contributed by atoms with van der Waals surface area (Å²) in [5, 5.41) is 6.12. The highest BCUT2D eigenvalue weighted by Crippen LogP contribution is 2.19. The number of H-pyrrole nitrogens is 1. The molecule has 146 valence electrons. The lowest BCUT2D eigenvalue weighted by Gasteiger charge is -2.11. The zero-order valence-corrected chi connectivity index (χ0v) is 16.2. The Kier molecular flexibility index (Phi) is 6.55. The first-order valence-corrected chi connectivity index (χ1v) is 8.78. The summed E-state index contributed by atoms with van der Waals surface area (Å²) in [6.07, 6.45) is 8.59. The number of amides is 1. The van der Waals surface area contributed by atoms with Gasteiger partial charge in [0, 0.05) is 48.8 Å². The van der Waals surface area contributed by atoms with Crippen LogP contribution in [0.5, 0.6) is 0 Å². The molecule has 3 heterocycles. The first-order valence-electron chi connectivity index (χ1n) is 8.78. The molecule has 0 saturated heterocycles. The number of nitrogens with zero attached hydrogens (tertiary/aromatic N) is 3. The van der Waals surface area contributed by atoms with E-state index in [-0.39, 0.29) is 18.3 Å². The third-order valence-corrected chi connectivity index (χ3v) is 4.18. The van der Waals surface area contributed by atoms with Gasteiger partial charge in [-0.1, -0.05) is 0 Å². The van der Waals surface area contributed by atoms with E-state index in [1.54, 1.807) is 43.1 Å². The van der Waals surface area contributed by atoms with E-state index in [0.717, 1.165) is 17.0 Å². The molecule has 0 saturated carbocycles. The Morgan fingerprint density at radius 3 is 2.45 bits per heavy atom. The van der Waals surface area contributed by atoms with E-state index >= 15 is 0 Å². The minimum atomic E-state index is -0.226. The Morgan fingerprint density at radius 2 is 1.72 bits per heavy atom. The molecule has 1 amide bonds. The van der Waals surface area contributed by atoms with Crippen molar-refractivity contribution in [2.24, 2.45) is 0 Å². The van der Waals surface area contributed by atoms with Crippen LogP contribution in [0.15, 0.2) is 79.5 Å². The second-order valence-electron chi connectivity index (χ2n) is 6.08. The number of aromatic amines is 1. The van der Waals surface area contributed by atoms with Crippen molar-refractivity contribution < 1.29 is 4.79 Å². The van der Waals surface area contributed by atoms with E-state index in [9.17, 15) is 4.79 Å². The molecule has 1 aromatic carbocycles. The maximum atomic E-state index is 12.7. The van der Waals surface area contributed by atoms with Gasteiger partial charge in [-0.2, -0.15) is 0 Å². The highest BCUT2D eigenvalue weighted by atomic mass is 35.5. The molecule has 7 nitrogen and oxygen atoms in total. The first kappa shape index (κ1) is 20.0. The molecule has 0 atom stereocenters. The van der Waals surface area contributed by atoms with E-state index in [4.69, 9.17) is 0 Å². The number of carbonyl (C=O) groups excluding carboxylic acids is 1. The summed E-state index contributed by atoms with van der Waals surface area (Å²) in [5.74, 6) is 1.09. The van der Waals surface area contributed by atoms with E-state index in [2.05, 4.69) is 30.6 Å². The van der Waals surface area contributed by atoms with E-state index in [0.29, 0.717) is 23.6 Å². The predicted octanol–water partition coefficient (Wildman–Crippen LogP) is 4.15. The molecule has 8 heteroatoms. The molecule has 0 aliphatic heterocycles.